The van der Waals surface area contributed by atoms with Crippen LogP contribution in [0.5, 0.6) is 0 Å². The molecular formula is C15H22O3S. The van der Waals surface area contributed by atoms with Crippen LogP contribution in [-0.2, 0) is 10.1 Å². The maximum absolute atomic E-state index is 11.1. The largest absolute Gasteiger partial charge is 0.295 e. The fourth-order valence-corrected chi connectivity index (χ4v) is 2.34. The van der Waals surface area contributed by atoms with E-state index in [9.17, 15) is 8.42 Å². The first-order chi connectivity index (χ1) is 9.00. The summed E-state index contributed by atoms with van der Waals surface area (Å²) in [6.45, 7) is 9.90. The molecule has 2 aromatic carbocycles. The van der Waals surface area contributed by atoms with Crippen LogP contribution in [0.3, 0.4) is 0 Å². The SMILES string of the molecule is CC.CC.Cc1ccc(S(=O)(=O)O)c2ccccc12. The molecule has 0 atom stereocenters. The topological polar surface area (TPSA) is 54.4 Å². The standard InChI is InChI=1S/C11H10O3S.2C2H6/c1-8-6-7-11(15(12,13)14)10-5-3-2-4-9(8)10;2*1-2/h2-7H,1H3,(H,12,13,14);2*1-2H3. The summed E-state index contributed by atoms with van der Waals surface area (Å²) in [6.07, 6.45) is 0. The summed E-state index contributed by atoms with van der Waals surface area (Å²) in [6, 6.07) is 10.2. The van der Waals surface area contributed by atoms with Crippen molar-refractivity contribution in [2.24, 2.45) is 0 Å². The molecule has 19 heavy (non-hydrogen) atoms. The molecule has 3 nitrogen and oxygen atoms in total. The van der Waals surface area contributed by atoms with Crippen molar-refractivity contribution in [2.75, 3.05) is 0 Å². The molecule has 0 unspecified atom stereocenters. The van der Waals surface area contributed by atoms with Crippen molar-refractivity contribution >= 4 is 20.9 Å². The minimum absolute atomic E-state index is 0.0382. The van der Waals surface area contributed by atoms with Gasteiger partial charge in [-0.15, -0.1) is 0 Å². The van der Waals surface area contributed by atoms with Crippen LogP contribution in [0, 0.1) is 6.92 Å². The molecule has 1 N–H and O–H groups in total. The van der Waals surface area contributed by atoms with Gasteiger partial charge >= 0.3 is 0 Å². The molecule has 0 heterocycles. The van der Waals surface area contributed by atoms with Gasteiger partial charge < -0.3 is 0 Å². The lowest BCUT2D eigenvalue weighted by Gasteiger charge is -2.05. The van der Waals surface area contributed by atoms with Crippen molar-refractivity contribution in [2.45, 2.75) is 39.5 Å². The van der Waals surface area contributed by atoms with E-state index in [1.54, 1.807) is 18.2 Å². The van der Waals surface area contributed by atoms with E-state index in [0.29, 0.717) is 5.39 Å². The van der Waals surface area contributed by atoms with E-state index in [4.69, 9.17) is 4.55 Å². The summed E-state index contributed by atoms with van der Waals surface area (Å²) in [4.78, 5) is -0.0382. The number of fused-ring (bicyclic) bond motifs is 1. The number of rotatable bonds is 1. The van der Waals surface area contributed by atoms with Crippen LogP contribution in [0.2, 0.25) is 0 Å². The first-order valence-electron chi connectivity index (χ1n) is 6.46. The molecule has 0 spiro atoms. The first kappa shape index (κ1) is 17.6. The maximum atomic E-state index is 11.1. The van der Waals surface area contributed by atoms with Gasteiger partial charge in [0.1, 0.15) is 4.90 Å². The van der Waals surface area contributed by atoms with Gasteiger partial charge in [0.15, 0.2) is 0 Å². The number of hydrogen-bond acceptors (Lipinski definition) is 2. The van der Waals surface area contributed by atoms with E-state index in [0.717, 1.165) is 10.9 Å². The highest BCUT2D eigenvalue weighted by Crippen LogP contribution is 2.25. The summed E-state index contributed by atoms with van der Waals surface area (Å²) in [5.41, 5.74) is 0.984. The third-order valence-corrected chi connectivity index (χ3v) is 3.29. The summed E-state index contributed by atoms with van der Waals surface area (Å²) >= 11 is 0. The molecule has 0 fully saturated rings. The average molecular weight is 282 g/mol. The van der Waals surface area contributed by atoms with Crippen LogP contribution < -0.4 is 0 Å². The summed E-state index contributed by atoms with van der Waals surface area (Å²) < 4.78 is 31.3. The molecule has 0 saturated heterocycles. The van der Waals surface area contributed by atoms with E-state index in [-0.39, 0.29) is 4.90 Å². The fraction of sp³-hybridized carbons (Fsp3) is 0.333. The molecule has 0 radical (unpaired) electrons. The van der Waals surface area contributed by atoms with Gasteiger partial charge in [-0.25, -0.2) is 0 Å². The number of hydrogen-bond donors (Lipinski definition) is 1. The Morgan fingerprint density at radius 3 is 1.79 bits per heavy atom. The average Bonchev–Trinajstić information content (AvgIpc) is 2.42. The molecule has 0 aromatic heterocycles. The molecule has 0 saturated carbocycles. The van der Waals surface area contributed by atoms with Crippen LogP contribution >= 0.6 is 0 Å². The predicted molar refractivity (Wildman–Crippen MR) is 81.2 cm³/mol. The molecule has 106 valence electrons. The molecule has 4 heteroatoms. The summed E-state index contributed by atoms with van der Waals surface area (Å²) in [5, 5.41) is 1.40. The van der Waals surface area contributed by atoms with Gasteiger partial charge in [-0.3, -0.25) is 4.55 Å². The fourth-order valence-electron chi connectivity index (χ4n) is 1.65. The Bertz CT molecular complexity index is 616. The molecular weight excluding hydrogens is 260 g/mol. The van der Waals surface area contributed by atoms with Crippen molar-refractivity contribution in [1.82, 2.24) is 0 Å². The Hall–Kier alpha value is -1.39. The minimum Gasteiger partial charge on any atom is -0.282 e. The van der Waals surface area contributed by atoms with Gasteiger partial charge in [0, 0.05) is 5.39 Å². The van der Waals surface area contributed by atoms with Crippen LogP contribution in [0.4, 0.5) is 0 Å². The van der Waals surface area contributed by atoms with Crippen LogP contribution in [0.15, 0.2) is 41.3 Å². The molecule has 2 rings (SSSR count). The van der Waals surface area contributed by atoms with Crippen molar-refractivity contribution in [1.29, 1.82) is 0 Å². The van der Waals surface area contributed by atoms with Gasteiger partial charge in [0.2, 0.25) is 0 Å². The van der Waals surface area contributed by atoms with E-state index < -0.39 is 10.1 Å². The molecule has 0 aliphatic carbocycles. The van der Waals surface area contributed by atoms with Crippen molar-refractivity contribution in [3.63, 3.8) is 0 Å². The zero-order chi connectivity index (χ0) is 15.1. The molecule has 0 amide bonds. The van der Waals surface area contributed by atoms with Gasteiger partial charge in [-0.2, -0.15) is 8.42 Å². The molecule has 0 aliphatic rings. The van der Waals surface area contributed by atoms with Gasteiger partial charge in [0.05, 0.1) is 0 Å². The summed E-state index contributed by atoms with van der Waals surface area (Å²) in [5.74, 6) is 0. The van der Waals surface area contributed by atoms with Gasteiger partial charge in [-0.05, 0) is 23.9 Å². The maximum Gasteiger partial charge on any atom is 0.295 e. The monoisotopic (exact) mass is 282 g/mol. The Kier molecular flexibility index (Phi) is 7.34. The Labute approximate surface area is 116 Å². The van der Waals surface area contributed by atoms with E-state index in [1.165, 1.54) is 6.07 Å². The second kappa shape index (κ2) is 7.92. The van der Waals surface area contributed by atoms with Crippen molar-refractivity contribution in [3.8, 4) is 0 Å². The highest BCUT2D eigenvalue weighted by Gasteiger charge is 2.13. The lowest BCUT2D eigenvalue weighted by molar-refractivity contribution is 0.484. The van der Waals surface area contributed by atoms with E-state index >= 15 is 0 Å². The van der Waals surface area contributed by atoms with Crippen molar-refractivity contribution in [3.05, 3.63) is 42.0 Å². The van der Waals surface area contributed by atoms with Crippen LogP contribution in [0.25, 0.3) is 10.8 Å². The van der Waals surface area contributed by atoms with Gasteiger partial charge in [-0.1, -0.05) is 58.0 Å². The molecule has 2 aromatic rings. The van der Waals surface area contributed by atoms with E-state index in [1.807, 2.05) is 46.8 Å². The smallest absolute Gasteiger partial charge is 0.282 e. The van der Waals surface area contributed by atoms with Crippen LogP contribution in [-0.4, -0.2) is 13.0 Å². The number of aryl methyl sites for hydroxylation is 1. The third kappa shape index (κ3) is 4.33. The lowest BCUT2D eigenvalue weighted by Crippen LogP contribution is -1.99. The predicted octanol–water partition coefficient (Wildman–Crippen LogP) is 4.45. The van der Waals surface area contributed by atoms with E-state index in [2.05, 4.69) is 0 Å². The second-order valence-electron chi connectivity index (χ2n) is 3.40. The quantitative estimate of drug-likeness (QED) is 0.786. The van der Waals surface area contributed by atoms with Crippen LogP contribution in [0.1, 0.15) is 33.3 Å². The van der Waals surface area contributed by atoms with Gasteiger partial charge in [0.25, 0.3) is 10.1 Å². The summed E-state index contributed by atoms with van der Waals surface area (Å²) in [7, 11) is -4.15. The zero-order valence-corrected chi connectivity index (χ0v) is 13.0. The molecule has 0 aliphatic heterocycles. The minimum atomic E-state index is -4.15. The van der Waals surface area contributed by atoms with Crippen molar-refractivity contribution < 1.29 is 13.0 Å². The zero-order valence-electron chi connectivity index (χ0n) is 12.1. The highest BCUT2D eigenvalue weighted by atomic mass is 32.2. The Morgan fingerprint density at radius 1 is 0.842 bits per heavy atom. The Balaban J connectivity index is 0.000000741. The normalized spacial score (nSPS) is 10.0. The third-order valence-electron chi connectivity index (χ3n) is 2.38. The Morgan fingerprint density at radius 2 is 1.32 bits per heavy atom. The lowest BCUT2D eigenvalue weighted by atomic mass is 10.1. The second-order valence-corrected chi connectivity index (χ2v) is 4.79. The molecule has 0 bridgehead atoms. The number of benzene rings is 2. The highest BCUT2D eigenvalue weighted by molar-refractivity contribution is 7.86. The first-order valence-corrected chi connectivity index (χ1v) is 7.90.